The van der Waals surface area contributed by atoms with E-state index in [9.17, 15) is 0 Å². The fraction of sp³-hybridized carbons (Fsp3) is 0.714. The molecule has 1 aliphatic rings. The van der Waals surface area contributed by atoms with Crippen molar-refractivity contribution < 1.29 is 20.4 Å². The molecule has 78 valence electrons. The molecule has 0 unspecified atom stereocenters. The molecule has 6 heteroatoms. The highest BCUT2D eigenvalue weighted by atomic mass is 33.1. The van der Waals surface area contributed by atoms with E-state index >= 15 is 0 Å². The van der Waals surface area contributed by atoms with Crippen molar-refractivity contribution in [3.8, 4) is 0 Å². The molecule has 0 fully saturated rings. The summed E-state index contributed by atoms with van der Waals surface area (Å²) in [6.45, 7) is -1.05. The van der Waals surface area contributed by atoms with Gasteiger partial charge >= 0.3 is 0 Å². The quantitative estimate of drug-likeness (QED) is 0.490. The van der Waals surface area contributed by atoms with Crippen LogP contribution in [0, 0.1) is 0 Å². The van der Waals surface area contributed by atoms with Crippen molar-refractivity contribution >= 4 is 21.6 Å². The third-order valence-electron chi connectivity index (χ3n) is 1.20. The maximum absolute atomic E-state index is 8.47. The lowest BCUT2D eigenvalue weighted by molar-refractivity contribution is -0.0388. The Kier molecular flexibility index (Phi) is 9.05. The molecule has 0 bridgehead atoms. The molecule has 1 aliphatic heterocycles. The standard InChI is InChI=1S/C4H10O4.C3H4S2/c5-1-3(7)4(8)2-6;1-2-4-5-3-1/h3-8H,1-2H2;1-2H,3H2/t3-,4-;/m1./s1. The highest BCUT2D eigenvalue weighted by molar-refractivity contribution is 8.78. The highest BCUT2D eigenvalue weighted by Crippen LogP contribution is 2.27. The summed E-state index contributed by atoms with van der Waals surface area (Å²) >= 11 is 0. The van der Waals surface area contributed by atoms with E-state index in [1.165, 1.54) is 5.75 Å². The van der Waals surface area contributed by atoms with Gasteiger partial charge in [-0.3, -0.25) is 0 Å². The molecule has 4 nitrogen and oxygen atoms in total. The molecule has 0 aromatic carbocycles. The number of aliphatic hydroxyl groups is 4. The Balaban J connectivity index is 0.000000243. The summed E-state index contributed by atoms with van der Waals surface area (Å²) in [6.07, 6.45) is -0.282. The second-order valence-corrected chi connectivity index (χ2v) is 4.57. The molecule has 0 aromatic rings. The molecule has 2 atom stereocenters. The highest BCUT2D eigenvalue weighted by Gasteiger charge is 2.12. The predicted molar refractivity (Wildman–Crippen MR) is 55.4 cm³/mol. The summed E-state index contributed by atoms with van der Waals surface area (Å²) in [4.78, 5) is 0. The van der Waals surface area contributed by atoms with Crippen molar-refractivity contribution in [1.82, 2.24) is 0 Å². The number of hydrogen-bond acceptors (Lipinski definition) is 6. The third kappa shape index (κ3) is 7.36. The minimum Gasteiger partial charge on any atom is -0.394 e. The van der Waals surface area contributed by atoms with Crippen LogP contribution >= 0.6 is 21.6 Å². The van der Waals surface area contributed by atoms with Gasteiger partial charge in [0.25, 0.3) is 0 Å². The normalized spacial score (nSPS) is 19.1. The van der Waals surface area contributed by atoms with Crippen LogP contribution in [0.5, 0.6) is 0 Å². The van der Waals surface area contributed by atoms with E-state index in [2.05, 4.69) is 11.5 Å². The monoisotopic (exact) mass is 226 g/mol. The number of aliphatic hydroxyl groups excluding tert-OH is 4. The van der Waals surface area contributed by atoms with Crippen LogP contribution in [0.2, 0.25) is 0 Å². The molecule has 4 N–H and O–H groups in total. The summed E-state index contributed by atoms with van der Waals surface area (Å²) < 4.78 is 0. The minimum atomic E-state index is -1.22. The zero-order valence-electron chi connectivity index (χ0n) is 7.04. The SMILES string of the molecule is C1=CSSC1.OC[C@@H](O)[C@H](O)CO. The van der Waals surface area contributed by atoms with Crippen molar-refractivity contribution in [1.29, 1.82) is 0 Å². The van der Waals surface area contributed by atoms with Crippen LogP contribution in [-0.4, -0.2) is 51.6 Å². The molecule has 0 radical (unpaired) electrons. The van der Waals surface area contributed by atoms with Gasteiger partial charge in [-0.15, -0.1) is 0 Å². The van der Waals surface area contributed by atoms with Gasteiger partial charge in [-0.1, -0.05) is 27.7 Å². The fourth-order valence-corrected chi connectivity index (χ4v) is 2.01. The van der Waals surface area contributed by atoms with Crippen LogP contribution in [0.4, 0.5) is 0 Å². The van der Waals surface area contributed by atoms with E-state index in [0.717, 1.165) is 0 Å². The van der Waals surface area contributed by atoms with Gasteiger partial charge in [0.15, 0.2) is 0 Å². The van der Waals surface area contributed by atoms with Crippen LogP contribution in [0.25, 0.3) is 0 Å². The topological polar surface area (TPSA) is 80.9 Å². The Labute approximate surface area is 85.1 Å². The first-order valence-corrected chi connectivity index (χ1v) is 6.11. The number of hydrogen-bond donors (Lipinski definition) is 4. The molecule has 0 spiro atoms. The van der Waals surface area contributed by atoms with Gasteiger partial charge < -0.3 is 20.4 Å². The van der Waals surface area contributed by atoms with Crippen LogP contribution in [0.1, 0.15) is 0 Å². The van der Waals surface area contributed by atoms with Gasteiger partial charge in [0.05, 0.1) is 13.2 Å². The average molecular weight is 226 g/mol. The maximum atomic E-state index is 8.47. The van der Waals surface area contributed by atoms with E-state index in [-0.39, 0.29) is 0 Å². The first-order valence-electron chi connectivity index (χ1n) is 3.73. The minimum absolute atomic E-state index is 0.526. The van der Waals surface area contributed by atoms with Gasteiger partial charge in [0.2, 0.25) is 0 Å². The Morgan fingerprint density at radius 3 is 1.85 bits per heavy atom. The Hall–Kier alpha value is 0.280. The Morgan fingerprint density at radius 2 is 1.69 bits per heavy atom. The molecular weight excluding hydrogens is 212 g/mol. The molecule has 1 rings (SSSR count). The van der Waals surface area contributed by atoms with Crippen LogP contribution < -0.4 is 0 Å². The number of rotatable bonds is 3. The van der Waals surface area contributed by atoms with E-state index in [4.69, 9.17) is 20.4 Å². The van der Waals surface area contributed by atoms with Gasteiger partial charge in [-0.2, -0.15) is 0 Å². The van der Waals surface area contributed by atoms with Crippen molar-refractivity contribution in [3.63, 3.8) is 0 Å². The summed E-state index contributed by atoms with van der Waals surface area (Å²) in [5, 5.41) is 35.3. The summed E-state index contributed by atoms with van der Waals surface area (Å²) in [6, 6.07) is 0. The van der Waals surface area contributed by atoms with Crippen LogP contribution in [0.15, 0.2) is 11.5 Å². The lowest BCUT2D eigenvalue weighted by Gasteiger charge is -2.10. The fourth-order valence-electron chi connectivity index (χ4n) is 0.440. The van der Waals surface area contributed by atoms with Crippen LogP contribution in [0.3, 0.4) is 0 Å². The van der Waals surface area contributed by atoms with Crippen molar-refractivity contribution in [2.24, 2.45) is 0 Å². The maximum Gasteiger partial charge on any atom is 0.105 e. The van der Waals surface area contributed by atoms with Gasteiger partial charge in [-0.25, -0.2) is 0 Å². The zero-order valence-corrected chi connectivity index (χ0v) is 8.67. The van der Waals surface area contributed by atoms with Crippen molar-refractivity contribution in [3.05, 3.63) is 11.5 Å². The second kappa shape index (κ2) is 8.86. The smallest absolute Gasteiger partial charge is 0.105 e. The van der Waals surface area contributed by atoms with Gasteiger partial charge in [-0.05, 0) is 5.41 Å². The predicted octanol–water partition coefficient (Wildman–Crippen LogP) is -0.412. The Bertz CT molecular complexity index is 128. The summed E-state index contributed by atoms with van der Waals surface area (Å²) in [7, 11) is 3.69. The third-order valence-corrected chi connectivity index (χ3v) is 3.12. The zero-order chi connectivity index (χ0) is 10.1. The van der Waals surface area contributed by atoms with Crippen LogP contribution in [-0.2, 0) is 0 Å². The molecule has 1 heterocycles. The first-order chi connectivity index (χ1) is 6.22. The molecule has 0 amide bonds. The Morgan fingerprint density at radius 1 is 1.15 bits per heavy atom. The van der Waals surface area contributed by atoms with Crippen molar-refractivity contribution in [2.75, 3.05) is 19.0 Å². The largest absolute Gasteiger partial charge is 0.394 e. The second-order valence-electron chi connectivity index (χ2n) is 2.25. The molecule has 0 aliphatic carbocycles. The van der Waals surface area contributed by atoms with E-state index < -0.39 is 25.4 Å². The molecule has 0 saturated carbocycles. The molecular formula is C7H14O4S2. The van der Waals surface area contributed by atoms with Crippen molar-refractivity contribution in [2.45, 2.75) is 12.2 Å². The summed E-state index contributed by atoms with van der Waals surface area (Å²) in [5.74, 6) is 1.20. The first kappa shape index (κ1) is 13.3. The van der Waals surface area contributed by atoms with Gasteiger partial charge in [0, 0.05) is 5.75 Å². The molecule has 0 saturated heterocycles. The average Bonchev–Trinajstić information content (AvgIpc) is 2.73. The van der Waals surface area contributed by atoms with Gasteiger partial charge in [0.1, 0.15) is 12.2 Å². The molecule has 0 aromatic heterocycles. The van der Waals surface area contributed by atoms with E-state index in [0.29, 0.717) is 0 Å². The van der Waals surface area contributed by atoms with E-state index in [1.54, 1.807) is 0 Å². The molecule has 13 heavy (non-hydrogen) atoms. The summed E-state index contributed by atoms with van der Waals surface area (Å²) in [5.41, 5.74) is 0. The van der Waals surface area contributed by atoms with E-state index in [1.807, 2.05) is 21.6 Å². The lowest BCUT2D eigenvalue weighted by atomic mass is 10.2. The lowest BCUT2D eigenvalue weighted by Crippen LogP contribution is -2.31.